The third kappa shape index (κ3) is 2.95. The van der Waals surface area contributed by atoms with E-state index in [1.807, 2.05) is 0 Å². The summed E-state index contributed by atoms with van der Waals surface area (Å²) in [7, 11) is 1.55. The minimum Gasteiger partial charge on any atom is -0.391 e. The van der Waals surface area contributed by atoms with Crippen molar-refractivity contribution in [3.05, 3.63) is 17.8 Å². The molecular weight excluding hydrogens is 232 g/mol. The van der Waals surface area contributed by atoms with E-state index in [4.69, 9.17) is 0 Å². The van der Waals surface area contributed by atoms with Crippen molar-refractivity contribution in [3.8, 4) is 0 Å². The van der Waals surface area contributed by atoms with E-state index in [-0.39, 0.29) is 23.7 Å². The Hall–Kier alpha value is -1.69. The van der Waals surface area contributed by atoms with Gasteiger partial charge in [0.25, 0.3) is 5.91 Å². The number of aliphatic hydroxyl groups is 1. The molecule has 98 valence electrons. The molecule has 2 unspecified atom stereocenters. The van der Waals surface area contributed by atoms with Crippen LogP contribution in [0.15, 0.2) is 12.1 Å². The molecule has 0 saturated heterocycles. The average molecular weight is 250 g/mol. The highest BCUT2D eigenvalue weighted by Gasteiger charge is 2.23. The maximum Gasteiger partial charge on any atom is 0.271 e. The molecule has 6 nitrogen and oxygen atoms in total. The van der Waals surface area contributed by atoms with Crippen molar-refractivity contribution in [1.82, 2.24) is 15.5 Å². The van der Waals surface area contributed by atoms with Gasteiger partial charge in [-0.1, -0.05) is 12.8 Å². The van der Waals surface area contributed by atoms with Gasteiger partial charge in [0.1, 0.15) is 5.82 Å². The summed E-state index contributed by atoms with van der Waals surface area (Å²) in [6.45, 7) is 0. The maximum absolute atomic E-state index is 11.3. The molecule has 1 fully saturated rings. The Morgan fingerprint density at radius 2 is 2.11 bits per heavy atom. The van der Waals surface area contributed by atoms with Crippen LogP contribution in [0.2, 0.25) is 0 Å². The lowest BCUT2D eigenvalue weighted by Crippen LogP contribution is -2.36. The van der Waals surface area contributed by atoms with Crippen LogP contribution in [0.3, 0.4) is 0 Å². The molecule has 6 heteroatoms. The quantitative estimate of drug-likeness (QED) is 0.729. The molecule has 0 aliphatic heterocycles. The van der Waals surface area contributed by atoms with E-state index in [9.17, 15) is 9.90 Å². The number of nitrogens with zero attached hydrogens (tertiary/aromatic N) is 2. The summed E-state index contributed by atoms with van der Waals surface area (Å²) in [6.07, 6.45) is 3.60. The van der Waals surface area contributed by atoms with Gasteiger partial charge >= 0.3 is 0 Å². The molecule has 1 aromatic rings. The van der Waals surface area contributed by atoms with E-state index in [0.717, 1.165) is 25.7 Å². The maximum atomic E-state index is 11.3. The van der Waals surface area contributed by atoms with E-state index in [1.165, 1.54) is 0 Å². The first-order chi connectivity index (χ1) is 8.70. The number of nitrogens with one attached hydrogen (secondary N) is 2. The van der Waals surface area contributed by atoms with E-state index < -0.39 is 0 Å². The molecule has 0 aromatic carbocycles. The molecule has 1 aromatic heterocycles. The second kappa shape index (κ2) is 5.77. The van der Waals surface area contributed by atoms with E-state index in [1.54, 1.807) is 19.2 Å². The molecule has 1 aliphatic rings. The summed E-state index contributed by atoms with van der Waals surface area (Å²) >= 11 is 0. The fourth-order valence-corrected chi connectivity index (χ4v) is 2.13. The first-order valence-corrected chi connectivity index (χ1v) is 6.21. The molecule has 18 heavy (non-hydrogen) atoms. The van der Waals surface area contributed by atoms with Gasteiger partial charge in [-0.3, -0.25) is 4.79 Å². The molecular formula is C12H18N4O2. The lowest BCUT2D eigenvalue weighted by atomic mass is 9.93. The van der Waals surface area contributed by atoms with Crippen molar-refractivity contribution >= 4 is 11.7 Å². The van der Waals surface area contributed by atoms with E-state index in [2.05, 4.69) is 20.8 Å². The summed E-state index contributed by atoms with van der Waals surface area (Å²) < 4.78 is 0. The average Bonchev–Trinajstić information content (AvgIpc) is 2.41. The molecule has 0 radical (unpaired) electrons. The predicted molar refractivity (Wildman–Crippen MR) is 67.3 cm³/mol. The van der Waals surface area contributed by atoms with E-state index >= 15 is 0 Å². The van der Waals surface area contributed by atoms with Crippen LogP contribution in [0, 0.1) is 0 Å². The molecule has 1 heterocycles. The molecule has 1 saturated carbocycles. The molecule has 0 bridgehead atoms. The first kappa shape index (κ1) is 12.8. The van der Waals surface area contributed by atoms with Crippen molar-refractivity contribution in [1.29, 1.82) is 0 Å². The second-order valence-electron chi connectivity index (χ2n) is 4.49. The van der Waals surface area contributed by atoms with Gasteiger partial charge < -0.3 is 15.7 Å². The zero-order chi connectivity index (χ0) is 13.0. The molecule has 1 amide bonds. The van der Waals surface area contributed by atoms with Crippen LogP contribution in [0.5, 0.6) is 0 Å². The number of hydrogen-bond acceptors (Lipinski definition) is 5. The Kier molecular flexibility index (Phi) is 4.09. The van der Waals surface area contributed by atoms with Crippen LogP contribution in [0.1, 0.15) is 36.2 Å². The number of rotatable bonds is 3. The Morgan fingerprint density at radius 1 is 1.33 bits per heavy atom. The third-order valence-corrected chi connectivity index (χ3v) is 3.19. The molecule has 1 aliphatic carbocycles. The topological polar surface area (TPSA) is 87.1 Å². The minimum absolute atomic E-state index is 0.0268. The van der Waals surface area contributed by atoms with Crippen molar-refractivity contribution in [3.63, 3.8) is 0 Å². The summed E-state index contributed by atoms with van der Waals surface area (Å²) in [5.41, 5.74) is 0.284. The summed E-state index contributed by atoms with van der Waals surface area (Å²) in [5, 5.41) is 23.3. The standard InChI is InChI=1S/C12H18N4O2/c1-13-12(18)9-6-7-11(16-15-9)14-8-4-2-3-5-10(8)17/h6-8,10,17H,2-5H2,1H3,(H,13,18)(H,14,16). The molecule has 3 N–H and O–H groups in total. The molecule has 0 spiro atoms. The van der Waals surface area contributed by atoms with Crippen LogP contribution in [0.25, 0.3) is 0 Å². The van der Waals surface area contributed by atoms with Crippen LogP contribution < -0.4 is 10.6 Å². The van der Waals surface area contributed by atoms with Crippen molar-refractivity contribution in [2.75, 3.05) is 12.4 Å². The predicted octanol–water partition coefficient (Wildman–Crippen LogP) is 0.552. The smallest absolute Gasteiger partial charge is 0.271 e. The monoisotopic (exact) mass is 250 g/mol. The van der Waals surface area contributed by atoms with Gasteiger partial charge in [-0.25, -0.2) is 0 Å². The highest BCUT2D eigenvalue weighted by Crippen LogP contribution is 2.21. The fraction of sp³-hybridized carbons (Fsp3) is 0.583. The van der Waals surface area contributed by atoms with Crippen LogP contribution in [-0.4, -0.2) is 40.4 Å². The number of carbonyl (C=O) groups excluding carboxylic acids is 1. The van der Waals surface area contributed by atoms with Crippen LogP contribution in [-0.2, 0) is 0 Å². The number of amides is 1. The van der Waals surface area contributed by atoms with Gasteiger partial charge in [0.05, 0.1) is 12.1 Å². The van der Waals surface area contributed by atoms with Gasteiger partial charge in [-0.15, -0.1) is 10.2 Å². The highest BCUT2D eigenvalue weighted by molar-refractivity contribution is 5.91. The number of anilines is 1. The Morgan fingerprint density at radius 3 is 2.72 bits per heavy atom. The minimum atomic E-state index is -0.334. The zero-order valence-corrected chi connectivity index (χ0v) is 10.4. The number of carbonyl (C=O) groups is 1. The highest BCUT2D eigenvalue weighted by atomic mass is 16.3. The Balaban J connectivity index is 1.99. The third-order valence-electron chi connectivity index (χ3n) is 3.19. The van der Waals surface area contributed by atoms with E-state index in [0.29, 0.717) is 5.82 Å². The Labute approximate surface area is 106 Å². The second-order valence-corrected chi connectivity index (χ2v) is 4.49. The lowest BCUT2D eigenvalue weighted by Gasteiger charge is -2.28. The number of hydrogen-bond donors (Lipinski definition) is 3. The lowest BCUT2D eigenvalue weighted by molar-refractivity contribution is 0.0957. The largest absolute Gasteiger partial charge is 0.391 e. The first-order valence-electron chi connectivity index (χ1n) is 6.21. The van der Waals surface area contributed by atoms with Gasteiger partial charge in [0, 0.05) is 7.05 Å². The number of aliphatic hydroxyl groups excluding tert-OH is 1. The summed E-state index contributed by atoms with van der Waals surface area (Å²) in [5.74, 6) is 0.334. The van der Waals surface area contributed by atoms with Gasteiger partial charge in [0.2, 0.25) is 0 Å². The Bertz CT molecular complexity index is 407. The molecule has 2 rings (SSSR count). The van der Waals surface area contributed by atoms with Crippen molar-refractivity contribution in [2.45, 2.75) is 37.8 Å². The fourth-order valence-electron chi connectivity index (χ4n) is 2.13. The van der Waals surface area contributed by atoms with Crippen molar-refractivity contribution < 1.29 is 9.90 Å². The van der Waals surface area contributed by atoms with Gasteiger partial charge in [0.15, 0.2) is 5.69 Å². The SMILES string of the molecule is CNC(=O)c1ccc(NC2CCCCC2O)nn1. The summed E-state index contributed by atoms with van der Waals surface area (Å²) in [6, 6.07) is 3.35. The van der Waals surface area contributed by atoms with Gasteiger partial charge in [-0.2, -0.15) is 0 Å². The molecule has 2 atom stereocenters. The number of aromatic nitrogens is 2. The van der Waals surface area contributed by atoms with Crippen LogP contribution in [0.4, 0.5) is 5.82 Å². The van der Waals surface area contributed by atoms with Crippen molar-refractivity contribution in [2.24, 2.45) is 0 Å². The normalized spacial score (nSPS) is 23.4. The van der Waals surface area contributed by atoms with Gasteiger partial charge in [-0.05, 0) is 25.0 Å². The van der Waals surface area contributed by atoms with Crippen LogP contribution >= 0.6 is 0 Å². The summed E-state index contributed by atoms with van der Waals surface area (Å²) in [4.78, 5) is 11.3. The zero-order valence-electron chi connectivity index (χ0n) is 10.4.